The van der Waals surface area contributed by atoms with E-state index >= 15 is 0 Å². The minimum Gasteiger partial charge on any atom is -0.387 e. The van der Waals surface area contributed by atoms with E-state index in [9.17, 15) is 23.1 Å². The second-order valence-corrected chi connectivity index (χ2v) is 7.10. The lowest BCUT2D eigenvalue weighted by molar-refractivity contribution is -0.139. The summed E-state index contributed by atoms with van der Waals surface area (Å²) in [6.07, 6.45) is -4.73. The fourth-order valence-electron chi connectivity index (χ4n) is 3.05. The summed E-state index contributed by atoms with van der Waals surface area (Å²) in [7, 11) is 0. The average Bonchev–Trinajstić information content (AvgIpc) is 2.75. The molecule has 1 heterocycles. The van der Waals surface area contributed by atoms with Crippen LogP contribution in [0.1, 0.15) is 22.8 Å². The van der Waals surface area contributed by atoms with Gasteiger partial charge in [0.15, 0.2) is 5.15 Å². The van der Waals surface area contributed by atoms with Gasteiger partial charge >= 0.3 is 12.2 Å². The molecular formula is C22H19ClF3N3O2. The van der Waals surface area contributed by atoms with Crippen LogP contribution in [0.2, 0.25) is 5.15 Å². The largest absolute Gasteiger partial charge is 0.416 e. The van der Waals surface area contributed by atoms with E-state index in [1.807, 2.05) is 0 Å². The Kier molecular flexibility index (Phi) is 7.14. The van der Waals surface area contributed by atoms with Crippen molar-refractivity contribution in [3.8, 4) is 0 Å². The Morgan fingerprint density at radius 3 is 2.42 bits per heavy atom. The van der Waals surface area contributed by atoms with Crippen molar-refractivity contribution in [1.29, 1.82) is 0 Å². The fraction of sp³-hybridized carbons (Fsp3) is 0.182. The highest BCUT2D eigenvalue weighted by Gasteiger charge is 2.35. The Labute approximate surface area is 182 Å². The molecule has 1 unspecified atom stereocenters. The van der Waals surface area contributed by atoms with Gasteiger partial charge in [-0.15, -0.1) is 0 Å². The lowest BCUT2D eigenvalue weighted by Crippen LogP contribution is -2.38. The van der Waals surface area contributed by atoms with E-state index in [-0.39, 0.29) is 29.5 Å². The Bertz CT molecular complexity index is 1030. The summed E-state index contributed by atoms with van der Waals surface area (Å²) in [6.45, 7) is -0.304. The molecule has 0 aliphatic rings. The lowest BCUT2D eigenvalue weighted by atomic mass is 10.0. The number of pyridine rings is 1. The minimum atomic E-state index is -4.63. The first-order valence-corrected chi connectivity index (χ1v) is 9.68. The lowest BCUT2D eigenvalue weighted by Gasteiger charge is -2.27. The second-order valence-electron chi connectivity index (χ2n) is 6.74. The van der Waals surface area contributed by atoms with Crippen LogP contribution in [-0.4, -0.2) is 27.6 Å². The van der Waals surface area contributed by atoms with Gasteiger partial charge in [-0.25, -0.2) is 9.78 Å². The first-order chi connectivity index (χ1) is 14.8. The Hall–Kier alpha value is -3.10. The van der Waals surface area contributed by atoms with Gasteiger partial charge in [-0.05, 0) is 29.3 Å². The predicted molar refractivity (Wildman–Crippen MR) is 112 cm³/mol. The Morgan fingerprint density at radius 1 is 1.06 bits per heavy atom. The van der Waals surface area contributed by atoms with Crippen LogP contribution in [0.15, 0.2) is 72.9 Å². The molecule has 9 heteroatoms. The van der Waals surface area contributed by atoms with Crippen LogP contribution in [-0.2, 0) is 12.7 Å². The highest BCUT2D eigenvalue weighted by Crippen LogP contribution is 2.35. The molecule has 0 aliphatic heterocycles. The van der Waals surface area contributed by atoms with Gasteiger partial charge in [0.2, 0.25) is 0 Å². The van der Waals surface area contributed by atoms with Crippen molar-refractivity contribution in [2.24, 2.45) is 0 Å². The van der Waals surface area contributed by atoms with Crippen LogP contribution in [0.3, 0.4) is 0 Å². The molecule has 31 heavy (non-hydrogen) atoms. The van der Waals surface area contributed by atoms with Crippen molar-refractivity contribution in [3.63, 3.8) is 0 Å². The zero-order valence-corrected chi connectivity index (χ0v) is 16.9. The number of carbonyl (C=O) groups excluding carboxylic acids is 1. The number of amides is 2. The van der Waals surface area contributed by atoms with E-state index in [1.54, 1.807) is 42.5 Å². The molecule has 0 saturated carbocycles. The molecule has 0 saturated heterocycles. The topological polar surface area (TPSA) is 65.5 Å². The number of hydrogen-bond acceptors (Lipinski definition) is 3. The molecule has 3 aromatic rings. The smallest absolute Gasteiger partial charge is 0.387 e. The number of nitrogens with zero attached hydrogens (tertiary/aromatic N) is 2. The molecule has 0 radical (unpaired) electrons. The predicted octanol–water partition coefficient (Wildman–Crippen LogP) is 5.52. The molecule has 0 spiro atoms. The summed E-state index contributed by atoms with van der Waals surface area (Å²) >= 11 is 5.99. The molecule has 2 amide bonds. The zero-order valence-electron chi connectivity index (χ0n) is 16.2. The van der Waals surface area contributed by atoms with Crippen LogP contribution < -0.4 is 5.32 Å². The van der Waals surface area contributed by atoms with E-state index < -0.39 is 23.9 Å². The van der Waals surface area contributed by atoms with Crippen LogP contribution in [0.4, 0.5) is 23.7 Å². The molecular weight excluding hydrogens is 431 g/mol. The van der Waals surface area contributed by atoms with E-state index in [0.717, 1.165) is 11.6 Å². The van der Waals surface area contributed by atoms with Gasteiger partial charge in [0, 0.05) is 12.7 Å². The molecule has 2 N–H and O–H groups in total. The summed E-state index contributed by atoms with van der Waals surface area (Å²) in [5.74, 6) is 0. The van der Waals surface area contributed by atoms with Crippen molar-refractivity contribution in [3.05, 3.63) is 94.8 Å². The van der Waals surface area contributed by atoms with Gasteiger partial charge in [0.1, 0.15) is 0 Å². The quantitative estimate of drug-likeness (QED) is 0.487. The zero-order chi connectivity index (χ0) is 22.4. The number of benzene rings is 2. The van der Waals surface area contributed by atoms with Crippen molar-refractivity contribution in [2.75, 3.05) is 11.9 Å². The molecule has 2 aromatic carbocycles. The Morgan fingerprint density at radius 2 is 1.74 bits per heavy atom. The first kappa shape index (κ1) is 22.6. The van der Waals surface area contributed by atoms with E-state index in [4.69, 9.17) is 11.6 Å². The number of halogens is 4. The van der Waals surface area contributed by atoms with Crippen LogP contribution in [0, 0.1) is 0 Å². The molecule has 0 aliphatic carbocycles. The van der Waals surface area contributed by atoms with Gasteiger partial charge in [0.25, 0.3) is 0 Å². The van der Waals surface area contributed by atoms with Crippen molar-refractivity contribution in [2.45, 2.75) is 18.8 Å². The molecule has 1 atom stereocenters. The summed E-state index contributed by atoms with van der Waals surface area (Å²) in [6, 6.07) is 16.1. The molecule has 5 nitrogen and oxygen atoms in total. The summed E-state index contributed by atoms with van der Waals surface area (Å²) in [5.41, 5.74) is -0.262. The molecule has 162 valence electrons. The highest BCUT2D eigenvalue weighted by atomic mass is 35.5. The number of carbonyl (C=O) groups is 1. The maximum Gasteiger partial charge on any atom is 0.416 e. The van der Waals surface area contributed by atoms with Gasteiger partial charge in [-0.2, -0.15) is 13.2 Å². The number of aliphatic hydroxyl groups is 1. The number of nitrogens with one attached hydrogen (secondary N) is 1. The van der Waals surface area contributed by atoms with E-state index in [0.29, 0.717) is 0 Å². The maximum atomic E-state index is 13.4. The van der Waals surface area contributed by atoms with Crippen molar-refractivity contribution in [1.82, 2.24) is 9.88 Å². The summed E-state index contributed by atoms with van der Waals surface area (Å²) in [4.78, 5) is 18.0. The number of rotatable bonds is 6. The first-order valence-electron chi connectivity index (χ1n) is 9.30. The third-order valence-corrected chi connectivity index (χ3v) is 4.82. The number of urea groups is 1. The van der Waals surface area contributed by atoms with Crippen molar-refractivity contribution >= 4 is 23.3 Å². The Balaban J connectivity index is 1.86. The molecule has 1 aromatic heterocycles. The monoisotopic (exact) mass is 449 g/mol. The number of hydrogen-bond donors (Lipinski definition) is 2. The SMILES string of the molecule is O=C(Nc1cccnc1Cl)N(Cc1ccccc1)CC(O)c1ccccc1C(F)(F)F. The summed E-state index contributed by atoms with van der Waals surface area (Å²) < 4.78 is 40.1. The van der Waals surface area contributed by atoms with Crippen LogP contribution in [0.25, 0.3) is 0 Å². The second kappa shape index (κ2) is 9.80. The third-order valence-electron chi connectivity index (χ3n) is 4.52. The van der Waals surface area contributed by atoms with Gasteiger partial charge in [-0.1, -0.05) is 60.1 Å². The number of aliphatic hydroxyl groups excluding tert-OH is 1. The fourth-order valence-corrected chi connectivity index (χ4v) is 3.22. The van der Waals surface area contributed by atoms with Gasteiger partial charge in [-0.3, -0.25) is 0 Å². The highest BCUT2D eigenvalue weighted by molar-refractivity contribution is 6.32. The van der Waals surface area contributed by atoms with Crippen LogP contribution >= 0.6 is 11.6 Å². The van der Waals surface area contributed by atoms with E-state index in [1.165, 1.54) is 29.3 Å². The average molecular weight is 450 g/mol. The number of anilines is 1. The normalized spacial score (nSPS) is 12.3. The van der Waals surface area contributed by atoms with E-state index in [2.05, 4.69) is 10.3 Å². The van der Waals surface area contributed by atoms with Crippen molar-refractivity contribution < 1.29 is 23.1 Å². The maximum absolute atomic E-state index is 13.4. The van der Waals surface area contributed by atoms with Crippen LogP contribution in [0.5, 0.6) is 0 Å². The molecule has 0 bridgehead atoms. The minimum absolute atomic E-state index is 0.0653. The van der Waals surface area contributed by atoms with Gasteiger partial charge < -0.3 is 15.3 Å². The standard InChI is InChI=1S/C22H19ClF3N3O2/c23-20-18(11-6-12-27-20)28-21(31)29(13-15-7-2-1-3-8-15)14-19(30)16-9-4-5-10-17(16)22(24,25)26/h1-12,19,30H,13-14H2,(H,28,31). The number of aromatic nitrogens is 1. The summed E-state index contributed by atoms with van der Waals surface area (Å²) in [5, 5.41) is 13.3. The number of alkyl halides is 3. The van der Waals surface area contributed by atoms with Gasteiger partial charge in [0.05, 0.1) is 23.9 Å². The molecule has 0 fully saturated rings. The third kappa shape index (κ3) is 5.96. The molecule has 3 rings (SSSR count).